The predicted octanol–water partition coefficient (Wildman–Crippen LogP) is 10.7. The van der Waals surface area contributed by atoms with Crippen molar-refractivity contribution in [1.29, 1.82) is 0 Å². The average Bonchev–Trinajstić information content (AvgIpc) is 3.09. The summed E-state index contributed by atoms with van der Waals surface area (Å²) in [5.41, 5.74) is 15.7. The summed E-state index contributed by atoms with van der Waals surface area (Å²) in [6.07, 6.45) is 0. The predicted molar refractivity (Wildman–Crippen MR) is 192 cm³/mol. The van der Waals surface area contributed by atoms with Gasteiger partial charge in [0, 0.05) is 25.3 Å². The monoisotopic (exact) mass is 598 g/mol. The summed E-state index contributed by atoms with van der Waals surface area (Å²) in [5, 5.41) is 0. The molecule has 6 aromatic carbocycles. The fraction of sp³-hybridized carbons (Fsp3) is 0.136. The molecule has 0 heterocycles. The highest BCUT2D eigenvalue weighted by Gasteiger charge is 2.14. The van der Waals surface area contributed by atoms with Gasteiger partial charge >= 0.3 is 0 Å². The van der Waals surface area contributed by atoms with Crippen LogP contribution in [-0.2, 0) is 22.7 Å². The topological polar surface area (TPSA) is 18.5 Å². The van der Waals surface area contributed by atoms with Crippen LogP contribution in [0.5, 0.6) is 0 Å². The molecule has 0 amide bonds. The van der Waals surface area contributed by atoms with Crippen LogP contribution in [0.4, 0.5) is 0 Å². The second-order valence-electron chi connectivity index (χ2n) is 11.7. The first kappa shape index (κ1) is 30.8. The highest BCUT2D eigenvalue weighted by molar-refractivity contribution is 5.86. The van der Waals surface area contributed by atoms with Crippen molar-refractivity contribution < 1.29 is 9.47 Å². The van der Waals surface area contributed by atoms with Gasteiger partial charge in [-0.2, -0.15) is 0 Å². The van der Waals surface area contributed by atoms with E-state index in [4.69, 9.17) is 9.47 Å². The molecule has 0 aliphatic rings. The van der Waals surface area contributed by atoms with Gasteiger partial charge in [-0.05, 0) is 69.5 Å². The SMILES string of the molecule is COCc1ccc(-c2cccc(-c3ccc(C)cc3)c2C#Cc2c(-c3ccc(C)cc3)cccc2-c2ccc(COC)cc2)cc1. The van der Waals surface area contributed by atoms with Crippen molar-refractivity contribution in [2.24, 2.45) is 0 Å². The summed E-state index contributed by atoms with van der Waals surface area (Å²) < 4.78 is 10.7. The van der Waals surface area contributed by atoms with Gasteiger partial charge in [0.1, 0.15) is 0 Å². The molecule has 0 fully saturated rings. The summed E-state index contributed by atoms with van der Waals surface area (Å²) in [7, 11) is 3.45. The van der Waals surface area contributed by atoms with Crippen LogP contribution in [0.15, 0.2) is 133 Å². The Bertz CT molecular complexity index is 1840. The lowest BCUT2D eigenvalue weighted by Crippen LogP contribution is -1.94. The molecule has 0 bridgehead atoms. The zero-order valence-electron chi connectivity index (χ0n) is 26.9. The van der Waals surface area contributed by atoms with Crippen molar-refractivity contribution in [2.75, 3.05) is 14.2 Å². The number of hydrogen-bond donors (Lipinski definition) is 0. The summed E-state index contributed by atoms with van der Waals surface area (Å²) >= 11 is 0. The first-order valence-electron chi connectivity index (χ1n) is 15.6. The molecule has 0 spiro atoms. The molecule has 6 rings (SSSR count). The van der Waals surface area contributed by atoms with E-state index in [0.717, 1.165) is 66.8 Å². The maximum absolute atomic E-state index is 5.36. The minimum atomic E-state index is 0.585. The molecule has 0 saturated heterocycles. The third-order valence-corrected chi connectivity index (χ3v) is 8.32. The van der Waals surface area contributed by atoms with E-state index in [1.807, 2.05) is 0 Å². The summed E-state index contributed by atoms with van der Waals surface area (Å²) in [6.45, 7) is 5.41. The fourth-order valence-corrected chi connectivity index (χ4v) is 5.82. The lowest BCUT2D eigenvalue weighted by atomic mass is 9.89. The van der Waals surface area contributed by atoms with E-state index in [9.17, 15) is 0 Å². The molecule has 0 unspecified atom stereocenters. The zero-order valence-corrected chi connectivity index (χ0v) is 26.9. The number of hydrogen-bond acceptors (Lipinski definition) is 2. The molecule has 0 saturated carbocycles. The molecule has 0 N–H and O–H groups in total. The van der Waals surface area contributed by atoms with E-state index < -0.39 is 0 Å². The Balaban J connectivity index is 1.57. The molecule has 0 aromatic heterocycles. The molecule has 46 heavy (non-hydrogen) atoms. The minimum Gasteiger partial charge on any atom is -0.380 e. The van der Waals surface area contributed by atoms with Gasteiger partial charge in [0.25, 0.3) is 0 Å². The molecule has 2 nitrogen and oxygen atoms in total. The van der Waals surface area contributed by atoms with Gasteiger partial charge in [-0.1, -0.05) is 156 Å². The van der Waals surface area contributed by atoms with E-state index >= 15 is 0 Å². The van der Waals surface area contributed by atoms with Crippen LogP contribution in [0.1, 0.15) is 33.4 Å². The van der Waals surface area contributed by atoms with Crippen molar-refractivity contribution in [3.8, 4) is 56.3 Å². The second kappa shape index (κ2) is 14.3. The molecule has 6 aromatic rings. The molecule has 0 radical (unpaired) electrons. The van der Waals surface area contributed by atoms with E-state index in [0.29, 0.717) is 13.2 Å². The van der Waals surface area contributed by atoms with Crippen molar-refractivity contribution in [2.45, 2.75) is 27.1 Å². The first-order chi connectivity index (χ1) is 22.5. The van der Waals surface area contributed by atoms with E-state index in [2.05, 4.69) is 159 Å². The lowest BCUT2D eigenvalue weighted by Gasteiger charge is -2.14. The maximum atomic E-state index is 5.36. The van der Waals surface area contributed by atoms with Crippen LogP contribution in [0.25, 0.3) is 44.5 Å². The van der Waals surface area contributed by atoms with Crippen molar-refractivity contribution in [1.82, 2.24) is 0 Å². The fourth-order valence-electron chi connectivity index (χ4n) is 5.82. The normalized spacial score (nSPS) is 10.8. The van der Waals surface area contributed by atoms with Crippen LogP contribution >= 0.6 is 0 Å². The highest BCUT2D eigenvalue weighted by Crippen LogP contribution is 2.35. The standard InChI is InChI=1S/C44H38O2/c1-31-11-19-35(20-12-31)39-7-5-9-41(37-23-15-33(16-24-37)29-45-3)43(39)27-28-44-40(36-21-13-32(2)14-22-36)8-6-10-42(44)38-25-17-34(18-26-38)30-46-4/h5-26H,29-30H2,1-4H3. The third kappa shape index (κ3) is 6.87. The van der Waals surface area contributed by atoms with Gasteiger partial charge in [0.05, 0.1) is 13.2 Å². The van der Waals surface area contributed by atoms with Gasteiger partial charge in [-0.25, -0.2) is 0 Å². The van der Waals surface area contributed by atoms with Crippen molar-refractivity contribution >= 4 is 0 Å². The zero-order chi connectivity index (χ0) is 31.9. The molecule has 0 aliphatic heterocycles. The highest BCUT2D eigenvalue weighted by atomic mass is 16.5. The number of methoxy groups -OCH3 is 2. The number of ether oxygens (including phenoxy) is 2. The maximum Gasteiger partial charge on any atom is 0.0713 e. The number of aryl methyl sites for hydroxylation is 2. The van der Waals surface area contributed by atoms with E-state index in [-0.39, 0.29) is 0 Å². The summed E-state index contributed by atoms with van der Waals surface area (Å²) in [6, 6.07) is 47.6. The number of benzene rings is 6. The largest absolute Gasteiger partial charge is 0.380 e. The Morgan fingerprint density at radius 3 is 0.957 bits per heavy atom. The van der Waals surface area contributed by atoms with Gasteiger partial charge in [-0.3, -0.25) is 0 Å². The first-order valence-corrected chi connectivity index (χ1v) is 15.6. The second-order valence-corrected chi connectivity index (χ2v) is 11.7. The van der Waals surface area contributed by atoms with Crippen LogP contribution in [0.3, 0.4) is 0 Å². The van der Waals surface area contributed by atoms with Crippen LogP contribution in [0, 0.1) is 25.7 Å². The Kier molecular flexibility index (Phi) is 9.56. The van der Waals surface area contributed by atoms with Gasteiger partial charge < -0.3 is 9.47 Å². The smallest absolute Gasteiger partial charge is 0.0713 e. The molecule has 0 aliphatic carbocycles. The van der Waals surface area contributed by atoms with Crippen LogP contribution in [-0.4, -0.2) is 14.2 Å². The lowest BCUT2D eigenvalue weighted by molar-refractivity contribution is 0.185. The molecule has 2 heteroatoms. The van der Waals surface area contributed by atoms with E-state index in [1.165, 1.54) is 11.1 Å². The molecular weight excluding hydrogens is 560 g/mol. The van der Waals surface area contributed by atoms with Crippen LogP contribution in [0.2, 0.25) is 0 Å². The van der Waals surface area contributed by atoms with Gasteiger partial charge in [0.15, 0.2) is 0 Å². The Morgan fingerprint density at radius 1 is 0.391 bits per heavy atom. The summed E-state index contributed by atoms with van der Waals surface area (Å²) in [4.78, 5) is 0. The molecule has 226 valence electrons. The number of rotatable bonds is 8. The van der Waals surface area contributed by atoms with E-state index in [1.54, 1.807) is 14.2 Å². The van der Waals surface area contributed by atoms with Crippen molar-refractivity contribution in [3.63, 3.8) is 0 Å². The molecule has 0 atom stereocenters. The Labute approximate surface area is 273 Å². The van der Waals surface area contributed by atoms with Gasteiger partial charge in [0.2, 0.25) is 0 Å². The minimum absolute atomic E-state index is 0.585. The van der Waals surface area contributed by atoms with Crippen LogP contribution < -0.4 is 0 Å². The quantitative estimate of drug-likeness (QED) is 0.162. The van der Waals surface area contributed by atoms with Crippen molar-refractivity contribution in [3.05, 3.63) is 167 Å². The average molecular weight is 599 g/mol. The Morgan fingerprint density at radius 2 is 0.674 bits per heavy atom. The van der Waals surface area contributed by atoms with Gasteiger partial charge in [-0.15, -0.1) is 0 Å². The third-order valence-electron chi connectivity index (χ3n) is 8.32. The summed E-state index contributed by atoms with van der Waals surface area (Å²) in [5.74, 6) is 7.44. The Hall–Kier alpha value is -5.20. The molecular formula is C44H38O2.